The van der Waals surface area contributed by atoms with Gasteiger partial charge in [0.15, 0.2) is 6.10 Å². The number of phosphoric acid groups is 1. The van der Waals surface area contributed by atoms with Gasteiger partial charge >= 0.3 is 19.8 Å². The number of hydrogen-bond acceptors (Lipinski definition) is 8. The van der Waals surface area contributed by atoms with Gasteiger partial charge in [0, 0.05) is 19.4 Å². The number of carbonyl (C=O) groups is 2. The van der Waals surface area contributed by atoms with Crippen LogP contribution in [0.4, 0.5) is 0 Å². The Labute approximate surface area is 443 Å². The number of phosphoric ester groups is 1. The summed E-state index contributed by atoms with van der Waals surface area (Å²) >= 11 is 0. The molecule has 0 amide bonds. The average molecular weight is 1030 g/mol. The van der Waals surface area contributed by atoms with Gasteiger partial charge < -0.3 is 20.1 Å². The van der Waals surface area contributed by atoms with Crippen molar-refractivity contribution < 1.29 is 37.6 Å². The fourth-order valence-corrected chi connectivity index (χ4v) is 7.11. The van der Waals surface area contributed by atoms with E-state index < -0.39 is 32.5 Å². The van der Waals surface area contributed by atoms with Gasteiger partial charge in [0.1, 0.15) is 6.61 Å². The molecule has 2 unspecified atom stereocenters. The molecule has 0 radical (unpaired) electrons. The molecule has 0 aromatic rings. The fourth-order valence-electron chi connectivity index (χ4n) is 6.34. The van der Waals surface area contributed by atoms with Gasteiger partial charge in [-0.2, -0.15) is 0 Å². The van der Waals surface area contributed by atoms with Crippen molar-refractivity contribution in [3.8, 4) is 0 Å². The van der Waals surface area contributed by atoms with Crippen molar-refractivity contribution in [1.29, 1.82) is 0 Å². The van der Waals surface area contributed by atoms with Crippen LogP contribution < -0.4 is 5.73 Å². The summed E-state index contributed by atoms with van der Waals surface area (Å²) < 4.78 is 32.9. The molecule has 0 heterocycles. The molecule has 0 spiro atoms. The Morgan fingerprint density at radius 3 is 1.08 bits per heavy atom. The van der Waals surface area contributed by atoms with Crippen LogP contribution in [0.3, 0.4) is 0 Å². The van der Waals surface area contributed by atoms with Crippen molar-refractivity contribution in [1.82, 2.24) is 0 Å². The van der Waals surface area contributed by atoms with Crippen LogP contribution in [-0.2, 0) is 32.7 Å². The predicted molar refractivity (Wildman–Crippen MR) is 311 cm³/mol. The van der Waals surface area contributed by atoms with Gasteiger partial charge in [-0.25, -0.2) is 4.57 Å². The summed E-state index contributed by atoms with van der Waals surface area (Å²) in [5.41, 5.74) is 5.37. The number of unbranched alkanes of at least 4 members (excludes halogenated alkanes) is 5. The van der Waals surface area contributed by atoms with E-state index in [0.717, 1.165) is 122 Å². The van der Waals surface area contributed by atoms with Gasteiger partial charge in [0.05, 0.1) is 13.2 Å². The van der Waals surface area contributed by atoms with Gasteiger partial charge in [-0.3, -0.25) is 18.6 Å². The molecule has 3 N–H and O–H groups in total. The molecule has 406 valence electrons. The Hall–Kier alpha value is -4.89. The number of ether oxygens (including phenoxy) is 2. The first-order chi connectivity index (χ1) is 35.8. The molecule has 0 aliphatic carbocycles. The van der Waals surface area contributed by atoms with Gasteiger partial charge in [-0.15, -0.1) is 0 Å². The predicted octanol–water partition coefficient (Wildman–Crippen LogP) is 17.3. The Morgan fingerprint density at radius 1 is 0.411 bits per heavy atom. The molecule has 0 saturated heterocycles. The number of allylic oxidation sites excluding steroid dienone is 30. The highest BCUT2D eigenvalue weighted by Gasteiger charge is 2.26. The van der Waals surface area contributed by atoms with Gasteiger partial charge in [0.2, 0.25) is 0 Å². The van der Waals surface area contributed by atoms with E-state index in [9.17, 15) is 19.0 Å². The Balaban J connectivity index is 4.26. The van der Waals surface area contributed by atoms with E-state index >= 15 is 0 Å². The molecular weight excluding hydrogens is 930 g/mol. The monoisotopic (exact) mass is 1030 g/mol. The summed E-state index contributed by atoms with van der Waals surface area (Å²) in [4.78, 5) is 35.1. The first-order valence-corrected chi connectivity index (χ1v) is 28.8. The maximum absolute atomic E-state index is 12.7. The summed E-state index contributed by atoms with van der Waals surface area (Å²) in [6, 6.07) is 0. The van der Waals surface area contributed by atoms with Crippen molar-refractivity contribution in [3.63, 3.8) is 0 Å². The second-order valence-electron chi connectivity index (χ2n) is 17.0. The van der Waals surface area contributed by atoms with Crippen molar-refractivity contribution in [3.05, 3.63) is 182 Å². The average Bonchev–Trinajstić information content (AvgIpc) is 3.38. The lowest BCUT2D eigenvalue weighted by Gasteiger charge is -2.19. The van der Waals surface area contributed by atoms with Gasteiger partial charge in [0.25, 0.3) is 0 Å². The van der Waals surface area contributed by atoms with Crippen LogP contribution >= 0.6 is 7.82 Å². The van der Waals surface area contributed by atoms with Crippen LogP contribution in [0.1, 0.15) is 168 Å². The third-order valence-electron chi connectivity index (χ3n) is 10.3. The second-order valence-corrected chi connectivity index (χ2v) is 18.4. The lowest BCUT2D eigenvalue weighted by atomic mass is 10.1. The second kappa shape index (κ2) is 56.4. The molecule has 0 aliphatic rings. The zero-order valence-electron chi connectivity index (χ0n) is 45.0. The van der Waals surface area contributed by atoms with Crippen LogP contribution in [-0.4, -0.2) is 49.3 Å². The van der Waals surface area contributed by atoms with E-state index in [1.807, 2.05) is 6.08 Å². The zero-order valence-corrected chi connectivity index (χ0v) is 45.9. The molecule has 0 rings (SSSR count). The normalized spacial score (nSPS) is 14.5. The molecule has 0 aromatic carbocycles. The van der Waals surface area contributed by atoms with Gasteiger partial charge in [-0.05, 0) is 128 Å². The summed E-state index contributed by atoms with van der Waals surface area (Å²) in [5, 5.41) is 0. The van der Waals surface area contributed by atoms with E-state index in [0.29, 0.717) is 19.3 Å². The molecule has 0 saturated carbocycles. The standard InChI is InChI=1S/C63H96NO8P/c1-3-5-7-9-11-13-15-17-19-21-23-25-27-28-29-30-31-32-34-36-38-40-42-44-46-48-50-52-54-56-63(66)72-61(60-71-73(67,68)70-58-57-64)59-69-62(65)55-53-51-49-47-45-43-41-39-37-35-33-26-24-22-20-18-16-14-12-10-8-6-4-2/h5-8,11-14,17-20,23-26,28-29,31-32,35-38,41-44,48,50,61H,3-4,9-10,15-16,21-22,27,30,33-34,39-40,45-47,49,51-60,64H2,1-2H3,(H,67,68)/b7-5-,8-6-,13-11-,14-12-,19-17-,20-18-,25-23-,26-24-,29-28-,32-31-,37-35-,38-36-,43-41-,44-42-,50-48-. The molecule has 0 bridgehead atoms. The van der Waals surface area contributed by atoms with E-state index in [2.05, 4.69) is 190 Å². The number of rotatable bonds is 48. The minimum atomic E-state index is -4.42. The summed E-state index contributed by atoms with van der Waals surface area (Å²) in [5.74, 6) is -0.947. The van der Waals surface area contributed by atoms with Crippen molar-refractivity contribution in [2.24, 2.45) is 5.73 Å². The zero-order chi connectivity index (χ0) is 53.1. The smallest absolute Gasteiger partial charge is 0.462 e. The molecule has 73 heavy (non-hydrogen) atoms. The lowest BCUT2D eigenvalue weighted by Crippen LogP contribution is -2.29. The SMILES string of the molecule is CC/C=C\C/C=C\C/C=C\C/C=C\C/C=C\C/C=C\C/C=C\C/C=C\C/C=C\CCCC(=O)OC(COC(=O)CCCCCC/C=C\C/C=C\C/C=C\C/C=C\C/C=C\C/C=C\CC)COP(=O)(O)OCCN. The molecule has 10 heteroatoms. The highest BCUT2D eigenvalue weighted by Crippen LogP contribution is 2.43. The number of nitrogens with two attached hydrogens (primary N) is 1. The minimum absolute atomic E-state index is 0.0286. The van der Waals surface area contributed by atoms with Crippen LogP contribution in [0.15, 0.2) is 182 Å². The summed E-state index contributed by atoms with van der Waals surface area (Å²) in [6.45, 7) is 3.37. The van der Waals surface area contributed by atoms with Crippen molar-refractivity contribution in [2.75, 3.05) is 26.4 Å². The molecule has 0 fully saturated rings. The minimum Gasteiger partial charge on any atom is -0.462 e. The fraction of sp³-hybridized carbons (Fsp3) is 0.492. The molecule has 2 atom stereocenters. The molecule has 9 nitrogen and oxygen atoms in total. The van der Waals surface area contributed by atoms with E-state index in [4.69, 9.17) is 24.3 Å². The molecule has 0 aliphatic heterocycles. The van der Waals surface area contributed by atoms with Crippen molar-refractivity contribution in [2.45, 2.75) is 174 Å². The first kappa shape index (κ1) is 68.1. The Bertz CT molecular complexity index is 1840. The Kier molecular flexibility index (Phi) is 52.6. The van der Waals surface area contributed by atoms with Crippen LogP contribution in [0.5, 0.6) is 0 Å². The maximum Gasteiger partial charge on any atom is 0.472 e. The number of hydrogen-bond donors (Lipinski definition) is 2. The van der Waals surface area contributed by atoms with Crippen LogP contribution in [0.25, 0.3) is 0 Å². The van der Waals surface area contributed by atoms with Crippen LogP contribution in [0, 0.1) is 0 Å². The topological polar surface area (TPSA) is 134 Å². The third-order valence-corrected chi connectivity index (χ3v) is 11.3. The summed E-state index contributed by atoms with van der Waals surface area (Å²) in [6.07, 6.45) is 85.1. The molecule has 0 aromatic heterocycles. The van der Waals surface area contributed by atoms with E-state index in [1.54, 1.807) is 0 Å². The Morgan fingerprint density at radius 2 is 0.726 bits per heavy atom. The van der Waals surface area contributed by atoms with Gasteiger partial charge in [-0.1, -0.05) is 209 Å². The number of esters is 2. The lowest BCUT2D eigenvalue weighted by molar-refractivity contribution is -0.161. The summed E-state index contributed by atoms with van der Waals surface area (Å²) in [7, 11) is -4.42. The van der Waals surface area contributed by atoms with E-state index in [-0.39, 0.29) is 32.6 Å². The van der Waals surface area contributed by atoms with Crippen molar-refractivity contribution >= 4 is 19.8 Å². The molecular formula is C63H96NO8P. The first-order valence-electron chi connectivity index (χ1n) is 27.3. The highest BCUT2D eigenvalue weighted by molar-refractivity contribution is 7.47. The quantitative estimate of drug-likeness (QED) is 0.0264. The number of carbonyl (C=O) groups excluding carboxylic acids is 2. The largest absolute Gasteiger partial charge is 0.472 e. The third kappa shape index (κ3) is 56.3. The maximum atomic E-state index is 12.7. The van der Waals surface area contributed by atoms with E-state index in [1.165, 1.54) is 0 Å². The highest BCUT2D eigenvalue weighted by atomic mass is 31.2. The van der Waals surface area contributed by atoms with Crippen LogP contribution in [0.2, 0.25) is 0 Å².